The Hall–Kier alpha value is -3.01. The van der Waals surface area contributed by atoms with E-state index in [9.17, 15) is 18.0 Å². The van der Waals surface area contributed by atoms with Crippen molar-refractivity contribution in [1.82, 2.24) is 15.6 Å². The minimum atomic E-state index is -4.44. The van der Waals surface area contributed by atoms with E-state index in [1.807, 2.05) is 20.8 Å². The highest BCUT2D eigenvalue weighted by Crippen LogP contribution is 2.31. The number of amides is 2. The summed E-state index contributed by atoms with van der Waals surface area (Å²) in [5.74, 6) is 5.70. The first-order chi connectivity index (χ1) is 13.0. The molecule has 7 heteroatoms. The molecule has 0 bridgehead atoms. The van der Waals surface area contributed by atoms with Crippen LogP contribution in [0.2, 0.25) is 0 Å². The van der Waals surface area contributed by atoms with Crippen LogP contribution in [0.3, 0.4) is 0 Å². The van der Waals surface area contributed by atoms with Gasteiger partial charge in [-0.15, -0.1) is 5.92 Å². The predicted molar refractivity (Wildman–Crippen MR) is 101 cm³/mol. The Morgan fingerprint density at radius 2 is 1.75 bits per heavy atom. The van der Waals surface area contributed by atoms with E-state index in [4.69, 9.17) is 0 Å². The molecule has 0 spiro atoms. The minimum absolute atomic E-state index is 0.459. The monoisotopic (exact) mass is 389 g/mol. The molecule has 0 aliphatic rings. The van der Waals surface area contributed by atoms with Gasteiger partial charge in [0.25, 0.3) is 0 Å². The number of alkyl halides is 3. The quantitative estimate of drug-likeness (QED) is 0.751. The standard InChI is InChI=1S/C21H22F3N3O/c1-5-7-14-8-6-13-25-17(14)18(26-19(28)27-20(2,3)4)15-9-11-16(12-10-15)21(22,23)24/h6,8-13,18H,1-4H3,(H2,26,27,28). The van der Waals surface area contributed by atoms with Crippen molar-refractivity contribution in [2.75, 3.05) is 0 Å². The van der Waals surface area contributed by atoms with Crippen LogP contribution in [0.25, 0.3) is 0 Å². The maximum absolute atomic E-state index is 12.9. The summed E-state index contributed by atoms with van der Waals surface area (Å²) in [6.45, 7) is 7.15. The largest absolute Gasteiger partial charge is 0.416 e. The van der Waals surface area contributed by atoms with Gasteiger partial charge in [-0.25, -0.2) is 4.79 Å². The van der Waals surface area contributed by atoms with E-state index in [1.165, 1.54) is 12.1 Å². The van der Waals surface area contributed by atoms with Crippen LogP contribution in [0.1, 0.15) is 56.1 Å². The van der Waals surface area contributed by atoms with Crippen LogP contribution in [0.4, 0.5) is 18.0 Å². The average molecular weight is 389 g/mol. The van der Waals surface area contributed by atoms with Gasteiger partial charge in [0.2, 0.25) is 0 Å². The normalized spacial score (nSPS) is 12.5. The Morgan fingerprint density at radius 1 is 1.11 bits per heavy atom. The van der Waals surface area contributed by atoms with E-state index < -0.39 is 29.4 Å². The molecule has 1 unspecified atom stereocenters. The topological polar surface area (TPSA) is 54.0 Å². The van der Waals surface area contributed by atoms with Crippen molar-refractivity contribution in [3.63, 3.8) is 0 Å². The summed E-state index contributed by atoms with van der Waals surface area (Å²) >= 11 is 0. The number of pyridine rings is 1. The third-order valence-electron chi connectivity index (χ3n) is 3.71. The number of benzene rings is 1. The summed E-state index contributed by atoms with van der Waals surface area (Å²) in [4.78, 5) is 16.8. The number of urea groups is 1. The second-order valence-corrected chi connectivity index (χ2v) is 7.21. The lowest BCUT2D eigenvalue weighted by molar-refractivity contribution is -0.137. The van der Waals surface area contributed by atoms with Gasteiger partial charge in [-0.3, -0.25) is 4.98 Å². The molecule has 28 heavy (non-hydrogen) atoms. The van der Waals surface area contributed by atoms with Crippen LogP contribution >= 0.6 is 0 Å². The lowest BCUT2D eigenvalue weighted by atomic mass is 9.98. The van der Waals surface area contributed by atoms with Gasteiger partial charge in [0.1, 0.15) is 0 Å². The third kappa shape index (κ3) is 5.74. The van der Waals surface area contributed by atoms with Crippen molar-refractivity contribution < 1.29 is 18.0 Å². The molecule has 0 saturated carbocycles. The zero-order chi connectivity index (χ0) is 20.9. The van der Waals surface area contributed by atoms with Gasteiger partial charge in [0.15, 0.2) is 0 Å². The van der Waals surface area contributed by atoms with Crippen molar-refractivity contribution in [1.29, 1.82) is 0 Å². The van der Waals surface area contributed by atoms with Gasteiger partial charge < -0.3 is 10.6 Å². The summed E-state index contributed by atoms with van der Waals surface area (Å²) in [5, 5.41) is 5.58. The van der Waals surface area contributed by atoms with Crippen molar-refractivity contribution in [2.45, 2.75) is 45.5 Å². The molecule has 1 atom stereocenters. The Labute approximate surface area is 162 Å². The number of aromatic nitrogens is 1. The van der Waals surface area contributed by atoms with Crippen molar-refractivity contribution in [3.8, 4) is 11.8 Å². The summed E-state index contributed by atoms with van der Waals surface area (Å²) in [6.07, 6.45) is -2.88. The molecule has 148 valence electrons. The van der Waals surface area contributed by atoms with Crippen LogP contribution in [-0.2, 0) is 6.18 Å². The smallest absolute Gasteiger partial charge is 0.334 e. The molecule has 2 N–H and O–H groups in total. The zero-order valence-corrected chi connectivity index (χ0v) is 16.1. The SMILES string of the molecule is CC#Cc1cccnc1C(NC(=O)NC(C)(C)C)c1ccc(C(F)(F)F)cc1. The van der Waals surface area contributed by atoms with Crippen molar-refractivity contribution in [2.24, 2.45) is 0 Å². The Balaban J connectivity index is 2.47. The number of nitrogens with zero attached hydrogens (tertiary/aromatic N) is 1. The summed E-state index contributed by atoms with van der Waals surface area (Å²) in [6, 6.07) is 6.88. The molecule has 4 nitrogen and oxygen atoms in total. The number of carbonyl (C=O) groups excluding carboxylic acids is 1. The van der Waals surface area contributed by atoms with Crippen LogP contribution in [-0.4, -0.2) is 16.6 Å². The van der Waals surface area contributed by atoms with Crippen molar-refractivity contribution >= 4 is 6.03 Å². The molecule has 2 aromatic rings. The molecular weight excluding hydrogens is 367 g/mol. The number of hydrogen-bond acceptors (Lipinski definition) is 2. The number of hydrogen-bond donors (Lipinski definition) is 2. The minimum Gasteiger partial charge on any atom is -0.334 e. The van der Waals surface area contributed by atoms with E-state index in [2.05, 4.69) is 27.5 Å². The number of rotatable bonds is 3. The Kier molecular flexibility index (Phi) is 6.34. The van der Waals surface area contributed by atoms with E-state index in [-0.39, 0.29) is 0 Å². The Bertz CT molecular complexity index is 888. The lowest BCUT2D eigenvalue weighted by Gasteiger charge is -2.25. The first kappa shape index (κ1) is 21.3. The average Bonchev–Trinajstić information content (AvgIpc) is 2.58. The maximum atomic E-state index is 12.9. The van der Waals surface area contributed by atoms with Crippen LogP contribution in [0.5, 0.6) is 0 Å². The highest BCUT2D eigenvalue weighted by atomic mass is 19.4. The highest BCUT2D eigenvalue weighted by Gasteiger charge is 2.31. The van der Waals surface area contributed by atoms with E-state index >= 15 is 0 Å². The fraction of sp³-hybridized carbons (Fsp3) is 0.333. The van der Waals surface area contributed by atoms with Gasteiger partial charge in [0.05, 0.1) is 17.3 Å². The predicted octanol–water partition coefficient (Wildman–Crippen LogP) is 4.66. The van der Waals surface area contributed by atoms with Crippen LogP contribution in [0, 0.1) is 11.8 Å². The van der Waals surface area contributed by atoms with Gasteiger partial charge in [0, 0.05) is 17.3 Å². The first-order valence-electron chi connectivity index (χ1n) is 8.65. The summed E-state index contributed by atoms with van der Waals surface area (Å²) in [7, 11) is 0. The van der Waals surface area contributed by atoms with Gasteiger partial charge in [-0.2, -0.15) is 13.2 Å². The zero-order valence-electron chi connectivity index (χ0n) is 16.1. The molecule has 1 aromatic heterocycles. The molecule has 0 radical (unpaired) electrons. The van der Waals surface area contributed by atoms with E-state index in [0.717, 1.165) is 12.1 Å². The molecular formula is C21H22F3N3O. The van der Waals surface area contributed by atoms with E-state index in [1.54, 1.807) is 25.3 Å². The van der Waals surface area contributed by atoms with Crippen LogP contribution < -0.4 is 10.6 Å². The second-order valence-electron chi connectivity index (χ2n) is 7.21. The fourth-order valence-corrected chi connectivity index (χ4v) is 2.57. The van der Waals surface area contributed by atoms with Gasteiger partial charge in [-0.1, -0.05) is 18.1 Å². The first-order valence-corrected chi connectivity index (χ1v) is 8.65. The second kappa shape index (κ2) is 8.34. The van der Waals surface area contributed by atoms with Crippen LogP contribution in [0.15, 0.2) is 42.6 Å². The molecule has 0 aliphatic carbocycles. The molecule has 1 heterocycles. The molecule has 2 amide bonds. The van der Waals surface area contributed by atoms with Gasteiger partial charge in [-0.05, 0) is 57.5 Å². The highest BCUT2D eigenvalue weighted by molar-refractivity contribution is 5.76. The summed E-state index contributed by atoms with van der Waals surface area (Å²) in [5.41, 5.74) is 0.274. The fourth-order valence-electron chi connectivity index (χ4n) is 2.57. The molecule has 0 saturated heterocycles. The lowest BCUT2D eigenvalue weighted by Crippen LogP contribution is -2.47. The molecule has 0 aliphatic heterocycles. The van der Waals surface area contributed by atoms with Crippen molar-refractivity contribution in [3.05, 3.63) is 65.0 Å². The molecule has 0 fully saturated rings. The van der Waals surface area contributed by atoms with E-state index in [0.29, 0.717) is 16.8 Å². The molecule has 1 aromatic carbocycles. The number of nitrogens with one attached hydrogen (secondary N) is 2. The molecule has 2 rings (SSSR count). The number of halogens is 3. The number of carbonyl (C=O) groups is 1. The third-order valence-corrected chi connectivity index (χ3v) is 3.71. The maximum Gasteiger partial charge on any atom is 0.416 e. The summed E-state index contributed by atoms with van der Waals surface area (Å²) < 4.78 is 38.7. The van der Waals surface area contributed by atoms with Gasteiger partial charge >= 0.3 is 12.2 Å². The Morgan fingerprint density at radius 3 is 2.29 bits per heavy atom.